The zero-order valence-corrected chi connectivity index (χ0v) is 35.4. The Morgan fingerprint density at radius 1 is 0.789 bits per heavy atom. The third kappa shape index (κ3) is 5.60. The van der Waals surface area contributed by atoms with Gasteiger partial charge in [-0.05, 0) is 83.3 Å². The Kier molecular flexibility index (Phi) is 8.35. The van der Waals surface area contributed by atoms with Gasteiger partial charge < -0.3 is 4.42 Å². The van der Waals surface area contributed by atoms with Gasteiger partial charge in [-0.1, -0.05) is 127 Å². The predicted octanol–water partition coefficient (Wildman–Crippen LogP) is 12.4. The number of para-hydroxylation sites is 4. The molecule has 2 unspecified atom stereocenters. The molecule has 0 radical (unpaired) electrons. The Bertz CT molecular complexity index is 2900. The summed E-state index contributed by atoms with van der Waals surface area (Å²) in [6.45, 7) is 22.0. The molecule has 0 saturated heterocycles. The van der Waals surface area contributed by atoms with Gasteiger partial charge in [-0.15, -0.1) is 0 Å². The number of fused-ring (bicyclic) bond motifs is 15. The highest BCUT2D eigenvalue weighted by molar-refractivity contribution is 6.89. The van der Waals surface area contributed by atoms with E-state index in [2.05, 4.69) is 182 Å². The molecule has 8 aromatic rings. The van der Waals surface area contributed by atoms with Gasteiger partial charge in [0.25, 0.3) is 0 Å². The minimum absolute atomic E-state index is 0.189. The lowest BCUT2D eigenvalue weighted by Gasteiger charge is -2.34. The molecule has 2 atom stereocenters. The second-order valence-corrected chi connectivity index (χ2v) is 23.3. The van der Waals surface area contributed by atoms with Crippen molar-refractivity contribution in [1.29, 1.82) is 0 Å². The van der Waals surface area contributed by atoms with E-state index >= 15 is 0 Å². The van der Waals surface area contributed by atoms with Gasteiger partial charge >= 0.3 is 5.82 Å². The van der Waals surface area contributed by atoms with Crippen molar-refractivity contribution >= 4 is 51.9 Å². The first-order valence-corrected chi connectivity index (χ1v) is 24.5. The second-order valence-electron chi connectivity index (χ2n) is 18.2. The number of hydrogen-bond acceptors (Lipinski definition) is 1. The molecule has 3 aromatic heterocycles. The van der Waals surface area contributed by atoms with E-state index in [4.69, 9.17) is 11.0 Å². The van der Waals surface area contributed by atoms with E-state index in [1.165, 1.54) is 33.5 Å². The number of imidazole rings is 1. The lowest BCUT2D eigenvalue weighted by atomic mass is 9.76. The first-order valence-electron chi connectivity index (χ1n) is 21.0. The van der Waals surface area contributed by atoms with E-state index in [1.54, 1.807) is 5.19 Å². The molecule has 5 heteroatoms. The van der Waals surface area contributed by atoms with Crippen LogP contribution in [0.15, 0.2) is 132 Å². The Morgan fingerprint density at radius 2 is 1.54 bits per heavy atom. The third-order valence-corrected chi connectivity index (χ3v) is 15.0. The average Bonchev–Trinajstić information content (AvgIpc) is 3.75. The fourth-order valence-corrected chi connectivity index (χ4v) is 11.9. The molecular weight excluding hydrogens is 711 g/mol. The van der Waals surface area contributed by atoms with Crippen LogP contribution < -0.4 is 14.3 Å². The number of benzene rings is 5. The topological polar surface area (TPSA) is 25.8 Å². The fraction of sp³-hybridized carbons (Fsp3) is 0.269. The fourth-order valence-electron chi connectivity index (χ4n) is 10.1. The maximum absolute atomic E-state index is 6.97. The molecule has 2 aliphatic heterocycles. The number of pyridine rings is 1. The van der Waals surface area contributed by atoms with Gasteiger partial charge in [-0.2, -0.15) is 13.7 Å². The highest BCUT2D eigenvalue weighted by atomic mass is 28.3. The first-order chi connectivity index (χ1) is 27.5. The average molecular weight is 764 g/mol. The van der Waals surface area contributed by atoms with Crippen LogP contribution in [-0.4, -0.2) is 12.6 Å². The molecule has 4 nitrogen and oxygen atoms in total. The molecule has 0 bridgehead atoms. The van der Waals surface area contributed by atoms with Crippen LogP contribution in [0.2, 0.25) is 19.6 Å². The quantitative estimate of drug-likeness (QED) is 0.129. The molecular formula is C52H53N3OSi+2. The summed E-state index contributed by atoms with van der Waals surface area (Å²) in [5.74, 6) is 2.28. The van der Waals surface area contributed by atoms with Crippen molar-refractivity contribution in [2.24, 2.45) is 0 Å². The molecule has 0 fully saturated rings. The van der Waals surface area contributed by atoms with Crippen LogP contribution >= 0.6 is 0 Å². The standard InChI is InChI=1S/C52H53N3OSi/c1-32(2)36-24-26-39-43(29-36)38-25-22-35-23-27-41-40-18-12-15-21-48(40)56-51(41)50(35)52-54(44-19-13-14-20-45(44)55(52)37-16-10-9-11-17-37)34(5)28-46(38)53-31-49(57(6,7)8)42(33(3)4)30-47(39)53/h9-21,23-24,26-27,29-33,38,46H,5,22,25,28H2,1-4,6-8H3/q+2. The zero-order chi connectivity index (χ0) is 39.3. The summed E-state index contributed by atoms with van der Waals surface area (Å²) in [6, 6.07) is 43.0. The van der Waals surface area contributed by atoms with Gasteiger partial charge in [0.1, 0.15) is 22.5 Å². The van der Waals surface area contributed by atoms with E-state index in [0.717, 1.165) is 75.0 Å². The second kappa shape index (κ2) is 13.3. The maximum atomic E-state index is 6.97. The van der Waals surface area contributed by atoms with Crippen LogP contribution in [0, 0.1) is 0 Å². The summed E-state index contributed by atoms with van der Waals surface area (Å²) in [5.41, 5.74) is 16.0. The van der Waals surface area contributed by atoms with Gasteiger partial charge in [0.05, 0.1) is 14.5 Å². The SMILES string of the molecule is C=C1CC2C(CCc3ccc4c(oc5ccccc54)c3-c3n1c1ccccc1[n+]3-c1ccccc1)c1cc(C(C)C)ccc1-c1cc(C(C)C)c([Si](C)(C)C)c[n+]12. The van der Waals surface area contributed by atoms with Crippen molar-refractivity contribution in [3.05, 3.63) is 150 Å². The summed E-state index contributed by atoms with van der Waals surface area (Å²) < 4.78 is 14.6. The van der Waals surface area contributed by atoms with Gasteiger partial charge in [-0.25, -0.2) is 0 Å². The van der Waals surface area contributed by atoms with Crippen LogP contribution in [0.5, 0.6) is 0 Å². The summed E-state index contributed by atoms with van der Waals surface area (Å²) in [5, 5.41) is 3.86. The van der Waals surface area contributed by atoms with E-state index in [1.807, 2.05) is 0 Å². The molecule has 284 valence electrons. The van der Waals surface area contributed by atoms with Crippen LogP contribution in [0.3, 0.4) is 0 Å². The largest absolute Gasteiger partial charge is 0.455 e. The van der Waals surface area contributed by atoms with E-state index in [9.17, 15) is 0 Å². The van der Waals surface area contributed by atoms with Gasteiger partial charge in [0, 0.05) is 33.5 Å². The number of rotatable bonds is 4. The third-order valence-electron chi connectivity index (χ3n) is 13.0. The summed E-state index contributed by atoms with van der Waals surface area (Å²) in [4.78, 5) is 0. The molecule has 5 heterocycles. The van der Waals surface area contributed by atoms with Crippen molar-refractivity contribution in [3.63, 3.8) is 0 Å². The number of allylic oxidation sites excluding steroid dienone is 1. The highest BCUT2D eigenvalue weighted by Crippen LogP contribution is 2.48. The van der Waals surface area contributed by atoms with Crippen molar-refractivity contribution in [2.75, 3.05) is 0 Å². The molecule has 0 amide bonds. The maximum Gasteiger partial charge on any atom is 0.304 e. The Morgan fingerprint density at radius 3 is 2.32 bits per heavy atom. The number of nitrogens with zero attached hydrogens (tertiary/aromatic N) is 3. The van der Waals surface area contributed by atoms with Gasteiger partial charge in [-0.3, -0.25) is 0 Å². The molecule has 0 saturated carbocycles. The van der Waals surface area contributed by atoms with E-state index < -0.39 is 8.07 Å². The lowest BCUT2D eigenvalue weighted by Crippen LogP contribution is -2.54. The van der Waals surface area contributed by atoms with Crippen molar-refractivity contribution in [1.82, 2.24) is 4.57 Å². The minimum atomic E-state index is -1.71. The lowest BCUT2D eigenvalue weighted by molar-refractivity contribution is -0.716. The van der Waals surface area contributed by atoms with Gasteiger partial charge in [0.15, 0.2) is 28.9 Å². The normalized spacial score (nSPS) is 16.8. The van der Waals surface area contributed by atoms with Crippen molar-refractivity contribution in [3.8, 4) is 28.3 Å². The Labute approximate surface area is 337 Å². The van der Waals surface area contributed by atoms with Gasteiger partial charge in [0.2, 0.25) is 5.69 Å². The monoisotopic (exact) mass is 763 g/mol. The molecule has 0 aliphatic carbocycles. The van der Waals surface area contributed by atoms with Crippen LogP contribution in [-0.2, 0) is 6.42 Å². The number of aromatic nitrogens is 3. The minimum Gasteiger partial charge on any atom is -0.455 e. The predicted molar refractivity (Wildman–Crippen MR) is 239 cm³/mol. The molecule has 5 aromatic carbocycles. The van der Waals surface area contributed by atoms with Crippen LogP contribution in [0.4, 0.5) is 0 Å². The molecule has 57 heavy (non-hydrogen) atoms. The number of aryl methyl sites for hydroxylation is 1. The highest BCUT2D eigenvalue weighted by Gasteiger charge is 2.45. The number of furan rings is 1. The van der Waals surface area contributed by atoms with Crippen molar-refractivity contribution in [2.45, 2.75) is 90.4 Å². The molecule has 0 spiro atoms. The summed E-state index contributed by atoms with van der Waals surface area (Å²) in [6.07, 6.45) is 5.33. The summed E-state index contributed by atoms with van der Waals surface area (Å²) in [7, 11) is -1.71. The van der Waals surface area contributed by atoms with Crippen LogP contribution in [0.25, 0.3) is 67.0 Å². The Balaban J connectivity index is 1.30. The van der Waals surface area contributed by atoms with E-state index in [0.29, 0.717) is 11.8 Å². The number of hydrogen-bond donors (Lipinski definition) is 0. The first kappa shape index (κ1) is 35.9. The Hall–Kier alpha value is -5.52. The van der Waals surface area contributed by atoms with Crippen LogP contribution in [0.1, 0.15) is 86.6 Å². The van der Waals surface area contributed by atoms with Crippen molar-refractivity contribution < 1.29 is 13.6 Å². The summed E-state index contributed by atoms with van der Waals surface area (Å²) >= 11 is 0. The zero-order valence-electron chi connectivity index (χ0n) is 34.4. The smallest absolute Gasteiger partial charge is 0.304 e. The molecule has 2 aliphatic rings. The van der Waals surface area contributed by atoms with E-state index in [-0.39, 0.29) is 12.0 Å². The molecule has 10 rings (SSSR count). The molecule has 0 N–H and O–H groups in total.